The number of ketones is 1. The fraction of sp³-hybridized carbons (Fsp3) is 0.913. The Balaban J connectivity index is 3.67. The molecule has 0 aromatic carbocycles. The molecule has 0 fully saturated rings. The summed E-state index contributed by atoms with van der Waals surface area (Å²) in [5.41, 5.74) is 0. The molecule has 0 saturated carbocycles. The molecule has 4 heteroatoms. The van der Waals surface area contributed by atoms with Crippen LogP contribution < -0.4 is 0 Å². The third-order valence-corrected chi connectivity index (χ3v) is 5.11. The summed E-state index contributed by atoms with van der Waals surface area (Å²) < 4.78 is 10.4. The number of carbonyl (C=O) groups excluding carboxylic acids is 2. The van der Waals surface area contributed by atoms with Crippen LogP contribution in [0.25, 0.3) is 0 Å². The van der Waals surface area contributed by atoms with Gasteiger partial charge in [-0.2, -0.15) is 0 Å². The first kappa shape index (κ1) is 26.1. The Morgan fingerprint density at radius 1 is 0.704 bits per heavy atom. The highest BCUT2D eigenvalue weighted by Crippen LogP contribution is 2.16. The second-order valence-electron chi connectivity index (χ2n) is 7.71. The van der Waals surface area contributed by atoms with Crippen LogP contribution in [0.4, 0.5) is 0 Å². The summed E-state index contributed by atoms with van der Waals surface area (Å²) in [4.78, 5) is 23.9. The monoisotopic (exact) mass is 384 g/mol. The van der Waals surface area contributed by atoms with Crippen molar-refractivity contribution >= 4 is 11.8 Å². The molecule has 0 aromatic rings. The molecule has 0 radical (unpaired) electrons. The molecule has 0 heterocycles. The minimum atomic E-state index is -0.554. The summed E-state index contributed by atoms with van der Waals surface area (Å²) in [5.74, 6) is -0.920. The lowest BCUT2D eigenvalue weighted by atomic mass is 9.97. The number of hydrogen-bond donors (Lipinski definition) is 0. The van der Waals surface area contributed by atoms with E-state index in [9.17, 15) is 9.59 Å². The Labute approximate surface area is 167 Å². The number of unbranched alkanes of at least 4 members (excludes halogenated alkanes) is 12. The van der Waals surface area contributed by atoms with Crippen LogP contribution >= 0.6 is 0 Å². The number of rotatable bonds is 20. The predicted octanol–water partition coefficient (Wildman–Crippen LogP) is 6.25. The molecule has 0 aliphatic rings. The van der Waals surface area contributed by atoms with E-state index < -0.39 is 5.92 Å². The Morgan fingerprint density at radius 3 is 1.70 bits per heavy atom. The Morgan fingerprint density at radius 2 is 1.19 bits per heavy atom. The lowest BCUT2D eigenvalue weighted by molar-refractivity contribution is -0.152. The van der Waals surface area contributed by atoms with Gasteiger partial charge in [-0.3, -0.25) is 9.59 Å². The third-order valence-electron chi connectivity index (χ3n) is 5.11. The summed E-state index contributed by atoms with van der Waals surface area (Å²) in [6.07, 6.45) is 17.0. The number of ether oxygens (including phenoxy) is 2. The highest BCUT2D eigenvalue weighted by Gasteiger charge is 2.24. The lowest BCUT2D eigenvalue weighted by Crippen LogP contribution is -2.24. The van der Waals surface area contributed by atoms with Crippen molar-refractivity contribution in [2.45, 2.75) is 110 Å². The van der Waals surface area contributed by atoms with Gasteiger partial charge in [0.1, 0.15) is 11.7 Å². The zero-order valence-corrected chi connectivity index (χ0v) is 18.2. The molecule has 1 atom stereocenters. The highest BCUT2D eigenvalue weighted by atomic mass is 16.5. The van der Waals surface area contributed by atoms with E-state index in [-0.39, 0.29) is 11.8 Å². The fourth-order valence-corrected chi connectivity index (χ4v) is 3.30. The lowest BCUT2D eigenvalue weighted by Gasteiger charge is -2.13. The van der Waals surface area contributed by atoms with E-state index >= 15 is 0 Å². The molecule has 0 bridgehead atoms. The first-order valence-electron chi connectivity index (χ1n) is 11.3. The van der Waals surface area contributed by atoms with E-state index in [2.05, 4.69) is 6.92 Å². The summed E-state index contributed by atoms with van der Waals surface area (Å²) in [6.45, 7) is 5.03. The molecular formula is C23H44O4. The molecule has 0 amide bonds. The van der Waals surface area contributed by atoms with Gasteiger partial charge in [-0.25, -0.2) is 0 Å². The topological polar surface area (TPSA) is 52.6 Å². The highest BCUT2D eigenvalue weighted by molar-refractivity contribution is 5.97. The SMILES string of the molecule is CCCCCCCCCC(C(C)=O)C(=O)OCCCCCCCCCOC. The molecule has 1 unspecified atom stereocenters. The summed E-state index contributed by atoms with van der Waals surface area (Å²) in [6, 6.07) is 0. The van der Waals surface area contributed by atoms with E-state index in [0.717, 1.165) is 38.7 Å². The Bertz CT molecular complexity index is 354. The largest absolute Gasteiger partial charge is 0.465 e. The van der Waals surface area contributed by atoms with Crippen molar-refractivity contribution in [3.05, 3.63) is 0 Å². The normalized spacial score (nSPS) is 12.1. The van der Waals surface area contributed by atoms with E-state index in [1.807, 2.05) is 0 Å². The van der Waals surface area contributed by atoms with Gasteiger partial charge in [-0.1, -0.05) is 84.0 Å². The fourth-order valence-electron chi connectivity index (χ4n) is 3.30. The van der Waals surface area contributed by atoms with Crippen LogP contribution in [0.5, 0.6) is 0 Å². The molecule has 4 nitrogen and oxygen atoms in total. The van der Waals surface area contributed by atoms with Crippen LogP contribution in [-0.4, -0.2) is 32.1 Å². The first-order chi connectivity index (χ1) is 13.1. The quantitative estimate of drug-likeness (QED) is 0.141. The van der Waals surface area contributed by atoms with Gasteiger partial charge in [0, 0.05) is 13.7 Å². The number of carbonyl (C=O) groups is 2. The standard InChI is InChI=1S/C23H44O4/c1-4-5-6-7-9-12-15-18-22(21(2)24)23(25)27-20-17-14-11-8-10-13-16-19-26-3/h22H,4-20H2,1-3H3. The van der Waals surface area contributed by atoms with Crippen LogP contribution in [-0.2, 0) is 19.1 Å². The predicted molar refractivity (Wildman–Crippen MR) is 112 cm³/mol. The van der Waals surface area contributed by atoms with E-state index in [1.54, 1.807) is 7.11 Å². The number of methoxy groups -OCH3 is 1. The molecule has 0 rings (SSSR count). The summed E-state index contributed by atoms with van der Waals surface area (Å²) >= 11 is 0. The molecule has 0 saturated heterocycles. The average molecular weight is 385 g/mol. The van der Waals surface area contributed by atoms with Gasteiger partial charge in [0.2, 0.25) is 0 Å². The Kier molecular flexibility index (Phi) is 19.2. The number of esters is 1. The maximum Gasteiger partial charge on any atom is 0.316 e. The average Bonchev–Trinajstić information content (AvgIpc) is 2.65. The Hall–Kier alpha value is -0.900. The van der Waals surface area contributed by atoms with E-state index in [0.29, 0.717) is 13.0 Å². The molecule has 27 heavy (non-hydrogen) atoms. The van der Waals surface area contributed by atoms with Crippen molar-refractivity contribution in [3.8, 4) is 0 Å². The van der Waals surface area contributed by atoms with Crippen molar-refractivity contribution < 1.29 is 19.1 Å². The minimum absolute atomic E-state index is 0.0537. The van der Waals surface area contributed by atoms with Gasteiger partial charge >= 0.3 is 5.97 Å². The van der Waals surface area contributed by atoms with Gasteiger partial charge in [-0.05, 0) is 26.2 Å². The van der Waals surface area contributed by atoms with Crippen LogP contribution in [0.2, 0.25) is 0 Å². The molecule has 0 aromatic heterocycles. The molecule has 0 spiro atoms. The van der Waals surface area contributed by atoms with Crippen LogP contribution in [0.1, 0.15) is 110 Å². The molecule has 0 aliphatic heterocycles. The molecule has 0 N–H and O–H groups in total. The summed E-state index contributed by atoms with van der Waals surface area (Å²) in [7, 11) is 1.74. The van der Waals surface area contributed by atoms with Crippen LogP contribution in [0, 0.1) is 5.92 Å². The second kappa shape index (κ2) is 19.9. The maximum atomic E-state index is 12.2. The minimum Gasteiger partial charge on any atom is -0.465 e. The zero-order chi connectivity index (χ0) is 20.2. The maximum absolute atomic E-state index is 12.2. The van der Waals surface area contributed by atoms with E-state index in [1.165, 1.54) is 64.7 Å². The van der Waals surface area contributed by atoms with Gasteiger partial charge in [0.25, 0.3) is 0 Å². The van der Waals surface area contributed by atoms with Crippen molar-refractivity contribution in [2.24, 2.45) is 5.92 Å². The first-order valence-corrected chi connectivity index (χ1v) is 11.3. The van der Waals surface area contributed by atoms with Crippen molar-refractivity contribution in [3.63, 3.8) is 0 Å². The number of Topliss-reactive ketones (excluding diaryl/α,β-unsaturated/α-hetero) is 1. The van der Waals surface area contributed by atoms with Crippen molar-refractivity contribution in [2.75, 3.05) is 20.3 Å². The second-order valence-corrected chi connectivity index (χ2v) is 7.71. The molecule has 160 valence electrons. The van der Waals surface area contributed by atoms with Gasteiger partial charge in [-0.15, -0.1) is 0 Å². The van der Waals surface area contributed by atoms with Crippen molar-refractivity contribution in [1.29, 1.82) is 0 Å². The van der Waals surface area contributed by atoms with E-state index in [4.69, 9.17) is 9.47 Å². The van der Waals surface area contributed by atoms with Crippen LogP contribution in [0.3, 0.4) is 0 Å². The molecular weight excluding hydrogens is 340 g/mol. The number of hydrogen-bond acceptors (Lipinski definition) is 4. The van der Waals surface area contributed by atoms with Crippen molar-refractivity contribution in [1.82, 2.24) is 0 Å². The van der Waals surface area contributed by atoms with Crippen LogP contribution in [0.15, 0.2) is 0 Å². The zero-order valence-electron chi connectivity index (χ0n) is 18.2. The smallest absolute Gasteiger partial charge is 0.316 e. The van der Waals surface area contributed by atoms with Gasteiger partial charge in [0.15, 0.2) is 0 Å². The molecule has 0 aliphatic carbocycles. The third kappa shape index (κ3) is 17.0. The van der Waals surface area contributed by atoms with Gasteiger partial charge < -0.3 is 9.47 Å². The van der Waals surface area contributed by atoms with Gasteiger partial charge in [0.05, 0.1) is 6.61 Å². The summed E-state index contributed by atoms with van der Waals surface area (Å²) in [5, 5.41) is 0.